The molecule has 0 bridgehead atoms. The lowest BCUT2D eigenvalue weighted by atomic mass is 9.98. The van der Waals surface area contributed by atoms with Gasteiger partial charge in [0.2, 0.25) is 0 Å². The highest BCUT2D eigenvalue weighted by atomic mass is 32.1. The molecule has 0 amide bonds. The van der Waals surface area contributed by atoms with Crippen LogP contribution in [0.25, 0.3) is 0 Å². The highest BCUT2D eigenvalue weighted by molar-refractivity contribution is 7.14. The number of carboxylic acids is 1. The summed E-state index contributed by atoms with van der Waals surface area (Å²) < 4.78 is 0. The van der Waals surface area contributed by atoms with Crippen molar-refractivity contribution in [3.63, 3.8) is 0 Å². The normalized spacial score (nSPS) is 21.1. The van der Waals surface area contributed by atoms with Gasteiger partial charge in [0.05, 0.1) is 0 Å². The number of thiophene rings is 1. The van der Waals surface area contributed by atoms with Crippen molar-refractivity contribution >= 4 is 17.3 Å². The molecule has 1 atom stereocenters. The average molecular weight is 269 g/mol. The lowest BCUT2D eigenvalue weighted by Crippen LogP contribution is -2.36. The van der Waals surface area contributed by atoms with Crippen LogP contribution in [0.5, 0.6) is 0 Å². The molecule has 18 heavy (non-hydrogen) atoms. The van der Waals surface area contributed by atoms with Crippen LogP contribution in [0.1, 0.15) is 33.0 Å². The molecule has 4 nitrogen and oxygen atoms in total. The van der Waals surface area contributed by atoms with E-state index in [0.717, 1.165) is 42.9 Å². The fraction of sp³-hybridized carbons (Fsp3) is 0.615. The van der Waals surface area contributed by atoms with E-state index in [0.29, 0.717) is 10.8 Å². The van der Waals surface area contributed by atoms with Crippen molar-refractivity contribution < 1.29 is 15.0 Å². The zero-order valence-electron chi connectivity index (χ0n) is 10.6. The van der Waals surface area contributed by atoms with Gasteiger partial charge in [0.25, 0.3) is 0 Å². The van der Waals surface area contributed by atoms with Crippen LogP contribution in [0.2, 0.25) is 0 Å². The van der Waals surface area contributed by atoms with Gasteiger partial charge in [-0.25, -0.2) is 4.79 Å². The highest BCUT2D eigenvalue weighted by Crippen LogP contribution is 2.25. The summed E-state index contributed by atoms with van der Waals surface area (Å²) >= 11 is 1.34. The minimum Gasteiger partial charge on any atom is -0.477 e. The van der Waals surface area contributed by atoms with Gasteiger partial charge < -0.3 is 10.2 Å². The van der Waals surface area contributed by atoms with Crippen molar-refractivity contribution in [3.05, 3.63) is 21.4 Å². The van der Waals surface area contributed by atoms with E-state index in [2.05, 4.69) is 4.90 Å². The summed E-state index contributed by atoms with van der Waals surface area (Å²) in [5.74, 6) is -0.474. The van der Waals surface area contributed by atoms with Crippen molar-refractivity contribution in [1.82, 2.24) is 4.90 Å². The fourth-order valence-corrected chi connectivity index (χ4v) is 3.34. The molecule has 1 saturated heterocycles. The van der Waals surface area contributed by atoms with E-state index in [1.807, 2.05) is 6.92 Å². The van der Waals surface area contributed by atoms with Crippen LogP contribution in [0.4, 0.5) is 0 Å². The monoisotopic (exact) mass is 269 g/mol. The Kier molecular flexibility index (Phi) is 4.37. The maximum Gasteiger partial charge on any atom is 0.345 e. The first-order valence-corrected chi connectivity index (χ1v) is 7.07. The number of piperidine rings is 1. The van der Waals surface area contributed by atoms with Gasteiger partial charge in [0, 0.05) is 24.6 Å². The molecule has 5 heteroatoms. The number of nitrogens with zero attached hydrogens (tertiary/aromatic N) is 1. The third kappa shape index (κ3) is 3.10. The summed E-state index contributed by atoms with van der Waals surface area (Å²) in [6, 6.07) is 1.78. The molecule has 1 aromatic heterocycles. The van der Waals surface area contributed by atoms with Crippen molar-refractivity contribution in [2.45, 2.75) is 26.3 Å². The fourth-order valence-electron chi connectivity index (χ4n) is 2.47. The Labute approximate surface area is 111 Å². The smallest absolute Gasteiger partial charge is 0.345 e. The van der Waals surface area contributed by atoms with Crippen LogP contribution in [0, 0.1) is 12.8 Å². The summed E-state index contributed by atoms with van der Waals surface area (Å²) in [5, 5.41) is 18.2. The standard InChI is InChI=1S/C13H19NO3S/c1-9-11(5-12(18-9)13(16)17)7-14-4-2-3-10(6-14)8-15/h5,10,15H,2-4,6-8H2,1H3,(H,16,17). The summed E-state index contributed by atoms with van der Waals surface area (Å²) in [5.41, 5.74) is 1.11. The summed E-state index contributed by atoms with van der Waals surface area (Å²) in [4.78, 5) is 14.7. The minimum absolute atomic E-state index is 0.249. The van der Waals surface area contributed by atoms with Crippen LogP contribution in [0.15, 0.2) is 6.07 Å². The molecule has 1 unspecified atom stereocenters. The van der Waals surface area contributed by atoms with E-state index in [-0.39, 0.29) is 6.61 Å². The molecule has 100 valence electrons. The van der Waals surface area contributed by atoms with Gasteiger partial charge in [-0.05, 0) is 43.9 Å². The molecule has 0 spiro atoms. The second-order valence-corrected chi connectivity index (χ2v) is 6.18. The van der Waals surface area contributed by atoms with E-state index in [4.69, 9.17) is 5.11 Å². The Balaban J connectivity index is 2.02. The Bertz CT molecular complexity index is 430. The Morgan fingerprint density at radius 3 is 3.00 bits per heavy atom. The van der Waals surface area contributed by atoms with Gasteiger partial charge >= 0.3 is 5.97 Å². The number of carboxylic acid groups (broad SMARTS) is 1. The van der Waals surface area contributed by atoms with E-state index < -0.39 is 5.97 Å². The molecule has 1 aromatic rings. The molecule has 0 aromatic carbocycles. The second kappa shape index (κ2) is 5.82. The van der Waals surface area contributed by atoms with E-state index in [1.54, 1.807) is 6.07 Å². The van der Waals surface area contributed by atoms with Crippen molar-refractivity contribution in [2.24, 2.45) is 5.92 Å². The van der Waals surface area contributed by atoms with E-state index >= 15 is 0 Å². The molecule has 2 N–H and O–H groups in total. The molecule has 2 heterocycles. The zero-order valence-corrected chi connectivity index (χ0v) is 11.4. The topological polar surface area (TPSA) is 60.8 Å². The number of aliphatic hydroxyl groups is 1. The number of aliphatic hydroxyl groups excluding tert-OH is 1. The van der Waals surface area contributed by atoms with Crippen molar-refractivity contribution in [2.75, 3.05) is 19.7 Å². The Hall–Kier alpha value is -0.910. The molecule has 2 rings (SSSR count). The molecule has 1 aliphatic heterocycles. The molecular weight excluding hydrogens is 250 g/mol. The molecule has 0 radical (unpaired) electrons. The lowest BCUT2D eigenvalue weighted by Gasteiger charge is -2.31. The number of rotatable bonds is 4. The summed E-state index contributed by atoms with van der Waals surface area (Å²) in [6.07, 6.45) is 2.20. The lowest BCUT2D eigenvalue weighted by molar-refractivity contribution is 0.0702. The van der Waals surface area contributed by atoms with Gasteiger partial charge in [0.1, 0.15) is 4.88 Å². The van der Waals surface area contributed by atoms with E-state index in [9.17, 15) is 9.90 Å². The van der Waals surface area contributed by atoms with E-state index in [1.165, 1.54) is 11.3 Å². The Morgan fingerprint density at radius 2 is 2.39 bits per heavy atom. The third-order valence-corrected chi connectivity index (χ3v) is 4.57. The van der Waals surface area contributed by atoms with Gasteiger partial charge in [-0.15, -0.1) is 11.3 Å². The van der Waals surface area contributed by atoms with Crippen molar-refractivity contribution in [1.29, 1.82) is 0 Å². The van der Waals surface area contributed by atoms with Crippen molar-refractivity contribution in [3.8, 4) is 0 Å². The van der Waals surface area contributed by atoms with Gasteiger partial charge in [-0.3, -0.25) is 4.90 Å². The summed E-state index contributed by atoms with van der Waals surface area (Å²) in [7, 11) is 0. The summed E-state index contributed by atoms with van der Waals surface area (Å²) in [6.45, 7) is 4.97. The first-order valence-electron chi connectivity index (χ1n) is 6.26. The molecule has 0 aliphatic carbocycles. The van der Waals surface area contributed by atoms with Crippen LogP contribution in [0.3, 0.4) is 0 Å². The predicted octanol–water partition coefficient (Wildman–Crippen LogP) is 1.96. The number of hydrogen-bond donors (Lipinski definition) is 2. The van der Waals surface area contributed by atoms with Crippen LogP contribution in [-0.4, -0.2) is 40.8 Å². The maximum absolute atomic E-state index is 10.9. The van der Waals surface area contributed by atoms with Crippen LogP contribution >= 0.6 is 11.3 Å². The minimum atomic E-state index is -0.846. The molecule has 1 fully saturated rings. The maximum atomic E-state index is 10.9. The average Bonchev–Trinajstić information content (AvgIpc) is 2.71. The number of likely N-dealkylation sites (tertiary alicyclic amines) is 1. The molecule has 0 saturated carbocycles. The van der Waals surface area contributed by atoms with Gasteiger partial charge in [-0.2, -0.15) is 0 Å². The molecule has 1 aliphatic rings. The van der Waals surface area contributed by atoms with Gasteiger partial charge in [-0.1, -0.05) is 0 Å². The largest absolute Gasteiger partial charge is 0.477 e. The Morgan fingerprint density at radius 1 is 1.61 bits per heavy atom. The number of carbonyl (C=O) groups is 1. The highest BCUT2D eigenvalue weighted by Gasteiger charge is 2.20. The first-order chi connectivity index (χ1) is 8.60. The third-order valence-electron chi connectivity index (χ3n) is 3.49. The molecular formula is C13H19NO3S. The zero-order chi connectivity index (χ0) is 13.1. The number of hydrogen-bond acceptors (Lipinski definition) is 4. The SMILES string of the molecule is Cc1sc(C(=O)O)cc1CN1CCCC(CO)C1. The van der Waals surface area contributed by atoms with Crippen LogP contribution < -0.4 is 0 Å². The van der Waals surface area contributed by atoms with Crippen LogP contribution in [-0.2, 0) is 6.54 Å². The number of aromatic carboxylic acids is 1. The second-order valence-electron chi connectivity index (χ2n) is 4.92. The quantitative estimate of drug-likeness (QED) is 0.877. The number of aryl methyl sites for hydroxylation is 1. The predicted molar refractivity (Wildman–Crippen MR) is 71.1 cm³/mol. The first kappa shape index (κ1) is 13.5. The van der Waals surface area contributed by atoms with Gasteiger partial charge in [0.15, 0.2) is 0 Å².